The average Bonchev–Trinajstić information content (AvgIpc) is 2.80. The van der Waals surface area contributed by atoms with Crippen molar-refractivity contribution in [2.75, 3.05) is 0 Å². The standard InChI is InChI=1S/C26H31N3/c27-19-21-14-16-22(17-15-21)25-18-24(13-7-10-20-8-3-1-4-9-20)28-26(29-25)23-11-5-2-6-12-23/h1,3-4,8-9,14-18,23H,2,5-7,10-13,19,27H2. The first-order valence-corrected chi connectivity index (χ1v) is 11.0. The van der Waals surface area contributed by atoms with Crippen molar-refractivity contribution >= 4 is 0 Å². The van der Waals surface area contributed by atoms with E-state index >= 15 is 0 Å². The van der Waals surface area contributed by atoms with Crippen molar-refractivity contribution in [3.8, 4) is 11.3 Å². The topological polar surface area (TPSA) is 51.8 Å². The summed E-state index contributed by atoms with van der Waals surface area (Å²) < 4.78 is 0. The van der Waals surface area contributed by atoms with Gasteiger partial charge in [0.1, 0.15) is 5.82 Å². The first-order valence-electron chi connectivity index (χ1n) is 11.0. The highest BCUT2D eigenvalue weighted by atomic mass is 14.9. The summed E-state index contributed by atoms with van der Waals surface area (Å²) in [6.07, 6.45) is 9.57. The molecule has 0 spiro atoms. The molecule has 0 bridgehead atoms. The lowest BCUT2D eigenvalue weighted by Gasteiger charge is -2.21. The highest BCUT2D eigenvalue weighted by Gasteiger charge is 2.19. The Morgan fingerprint density at radius 3 is 2.28 bits per heavy atom. The van der Waals surface area contributed by atoms with Gasteiger partial charge in [-0.25, -0.2) is 9.97 Å². The van der Waals surface area contributed by atoms with E-state index in [-0.39, 0.29) is 0 Å². The van der Waals surface area contributed by atoms with Crippen molar-refractivity contribution in [2.45, 2.75) is 63.8 Å². The third-order valence-electron chi connectivity index (χ3n) is 5.99. The predicted molar refractivity (Wildman–Crippen MR) is 120 cm³/mol. The van der Waals surface area contributed by atoms with Gasteiger partial charge >= 0.3 is 0 Å². The second-order valence-electron chi connectivity index (χ2n) is 8.18. The SMILES string of the molecule is NCc1ccc(-c2cc(CCCc3ccccc3)nc(C3CCCCC3)n2)cc1. The molecule has 3 heteroatoms. The van der Waals surface area contributed by atoms with Crippen LogP contribution in [-0.4, -0.2) is 9.97 Å². The summed E-state index contributed by atoms with van der Waals surface area (Å²) in [6, 6.07) is 21.4. The van der Waals surface area contributed by atoms with Crippen LogP contribution in [0.3, 0.4) is 0 Å². The lowest BCUT2D eigenvalue weighted by atomic mass is 9.88. The van der Waals surface area contributed by atoms with Gasteiger partial charge in [0.15, 0.2) is 0 Å². The molecular weight excluding hydrogens is 354 g/mol. The largest absolute Gasteiger partial charge is 0.326 e. The minimum Gasteiger partial charge on any atom is -0.326 e. The molecule has 0 radical (unpaired) electrons. The van der Waals surface area contributed by atoms with Crippen molar-refractivity contribution in [3.63, 3.8) is 0 Å². The highest BCUT2D eigenvalue weighted by Crippen LogP contribution is 2.32. The summed E-state index contributed by atoms with van der Waals surface area (Å²) >= 11 is 0. The Bertz CT molecular complexity index is 897. The molecule has 3 nitrogen and oxygen atoms in total. The van der Waals surface area contributed by atoms with Gasteiger partial charge in [-0.15, -0.1) is 0 Å². The normalized spacial score (nSPS) is 14.8. The zero-order chi connectivity index (χ0) is 19.9. The molecule has 2 aromatic carbocycles. The van der Waals surface area contributed by atoms with E-state index in [4.69, 9.17) is 15.7 Å². The number of hydrogen-bond acceptors (Lipinski definition) is 3. The third kappa shape index (κ3) is 5.30. The molecule has 2 N–H and O–H groups in total. The van der Waals surface area contributed by atoms with Crippen molar-refractivity contribution in [2.24, 2.45) is 5.73 Å². The maximum Gasteiger partial charge on any atom is 0.132 e. The minimum atomic E-state index is 0.514. The molecular formula is C26H31N3. The van der Waals surface area contributed by atoms with E-state index in [0.29, 0.717) is 12.5 Å². The summed E-state index contributed by atoms with van der Waals surface area (Å²) in [4.78, 5) is 10.0. The Balaban J connectivity index is 1.56. The van der Waals surface area contributed by atoms with Crippen molar-refractivity contribution in [1.29, 1.82) is 0 Å². The second kappa shape index (κ2) is 9.80. The number of nitrogens with two attached hydrogens (primary N) is 1. The van der Waals surface area contributed by atoms with Gasteiger partial charge in [0.05, 0.1) is 5.69 Å². The molecule has 4 rings (SSSR count). The fourth-order valence-electron chi connectivity index (χ4n) is 4.27. The Morgan fingerprint density at radius 1 is 0.793 bits per heavy atom. The van der Waals surface area contributed by atoms with Gasteiger partial charge in [-0.05, 0) is 49.3 Å². The molecule has 0 atom stereocenters. The van der Waals surface area contributed by atoms with E-state index in [9.17, 15) is 0 Å². The van der Waals surface area contributed by atoms with Gasteiger partial charge in [0.25, 0.3) is 0 Å². The first-order chi connectivity index (χ1) is 14.3. The monoisotopic (exact) mass is 385 g/mol. The van der Waals surface area contributed by atoms with Crippen LogP contribution in [0.5, 0.6) is 0 Å². The molecule has 0 amide bonds. The molecule has 29 heavy (non-hydrogen) atoms. The second-order valence-corrected chi connectivity index (χ2v) is 8.18. The van der Waals surface area contributed by atoms with Crippen LogP contribution in [0.4, 0.5) is 0 Å². The van der Waals surface area contributed by atoms with Crippen LogP contribution in [0, 0.1) is 0 Å². The van der Waals surface area contributed by atoms with E-state index in [1.165, 1.54) is 43.4 Å². The molecule has 1 fully saturated rings. The van der Waals surface area contributed by atoms with Crippen molar-refractivity contribution in [3.05, 3.63) is 83.3 Å². The van der Waals surface area contributed by atoms with Gasteiger partial charge in [-0.2, -0.15) is 0 Å². The lowest BCUT2D eigenvalue weighted by molar-refractivity contribution is 0.428. The molecule has 1 aliphatic carbocycles. The summed E-state index contributed by atoms with van der Waals surface area (Å²) in [5, 5.41) is 0. The lowest BCUT2D eigenvalue weighted by Crippen LogP contribution is -2.11. The molecule has 3 aromatic rings. The van der Waals surface area contributed by atoms with Crippen LogP contribution in [0.15, 0.2) is 60.7 Å². The van der Waals surface area contributed by atoms with Crippen LogP contribution >= 0.6 is 0 Å². The van der Waals surface area contributed by atoms with Gasteiger partial charge in [0, 0.05) is 23.7 Å². The fourth-order valence-corrected chi connectivity index (χ4v) is 4.27. The molecule has 150 valence electrons. The zero-order valence-electron chi connectivity index (χ0n) is 17.2. The Labute approximate surface area is 174 Å². The van der Waals surface area contributed by atoms with Gasteiger partial charge in [-0.3, -0.25) is 0 Å². The first kappa shape index (κ1) is 19.8. The highest BCUT2D eigenvalue weighted by molar-refractivity contribution is 5.60. The van der Waals surface area contributed by atoms with Crippen molar-refractivity contribution in [1.82, 2.24) is 9.97 Å². The smallest absolute Gasteiger partial charge is 0.132 e. The Kier molecular flexibility index (Phi) is 6.68. The Hall–Kier alpha value is -2.52. The van der Waals surface area contributed by atoms with Crippen LogP contribution in [-0.2, 0) is 19.4 Å². The number of nitrogens with zero attached hydrogens (tertiary/aromatic N) is 2. The van der Waals surface area contributed by atoms with Crippen LogP contribution in [0.25, 0.3) is 11.3 Å². The quantitative estimate of drug-likeness (QED) is 0.557. The molecule has 1 heterocycles. The van der Waals surface area contributed by atoms with E-state index in [1.54, 1.807) is 0 Å². The predicted octanol–water partition coefficient (Wildman–Crippen LogP) is 5.83. The summed E-state index contributed by atoms with van der Waals surface area (Å²) in [7, 11) is 0. The number of aromatic nitrogens is 2. The van der Waals surface area contributed by atoms with E-state index in [0.717, 1.165) is 41.9 Å². The molecule has 0 unspecified atom stereocenters. The molecule has 1 aliphatic rings. The van der Waals surface area contributed by atoms with Crippen LogP contribution in [0.1, 0.15) is 67.1 Å². The number of hydrogen-bond donors (Lipinski definition) is 1. The van der Waals surface area contributed by atoms with Crippen molar-refractivity contribution < 1.29 is 0 Å². The molecule has 0 aliphatic heterocycles. The van der Waals surface area contributed by atoms with Gasteiger partial charge in [-0.1, -0.05) is 73.9 Å². The molecule has 0 saturated heterocycles. The fraction of sp³-hybridized carbons (Fsp3) is 0.385. The third-order valence-corrected chi connectivity index (χ3v) is 5.99. The minimum absolute atomic E-state index is 0.514. The maximum atomic E-state index is 5.76. The molecule has 1 aromatic heterocycles. The summed E-state index contributed by atoms with van der Waals surface area (Å²) in [5.74, 6) is 1.57. The van der Waals surface area contributed by atoms with Crippen LogP contribution in [0.2, 0.25) is 0 Å². The number of rotatable bonds is 7. The number of benzene rings is 2. The number of aryl methyl sites for hydroxylation is 2. The maximum absolute atomic E-state index is 5.76. The van der Waals surface area contributed by atoms with Gasteiger partial charge in [0.2, 0.25) is 0 Å². The van der Waals surface area contributed by atoms with Gasteiger partial charge < -0.3 is 5.73 Å². The molecule has 1 saturated carbocycles. The summed E-state index contributed by atoms with van der Waals surface area (Å²) in [6.45, 7) is 0.572. The van der Waals surface area contributed by atoms with E-state index in [1.807, 2.05) is 0 Å². The zero-order valence-corrected chi connectivity index (χ0v) is 17.2. The Morgan fingerprint density at radius 2 is 1.55 bits per heavy atom. The van der Waals surface area contributed by atoms with Crippen LogP contribution < -0.4 is 5.73 Å². The summed E-state index contributed by atoms with van der Waals surface area (Å²) in [5.41, 5.74) is 11.7. The van der Waals surface area contributed by atoms with E-state index < -0.39 is 0 Å². The average molecular weight is 386 g/mol. The van der Waals surface area contributed by atoms with E-state index in [2.05, 4.69) is 60.7 Å².